The average Bonchev–Trinajstić information content (AvgIpc) is 2.91. The number of thioether (sulfide) groups is 1. The Balaban J connectivity index is 1.87. The fraction of sp³-hybridized carbons (Fsp3) is 0.200. The van der Waals surface area contributed by atoms with Crippen LogP contribution in [0.15, 0.2) is 41.3 Å². The molecule has 0 unspecified atom stereocenters. The summed E-state index contributed by atoms with van der Waals surface area (Å²) < 4.78 is 12.1. The number of hydrogen-bond acceptors (Lipinski definition) is 5. The summed E-state index contributed by atoms with van der Waals surface area (Å²) in [5, 5.41) is 3.02. The predicted octanol–water partition coefficient (Wildman–Crippen LogP) is 5.11. The van der Waals surface area contributed by atoms with Crippen LogP contribution >= 0.6 is 35.6 Å². The lowest BCUT2D eigenvalue weighted by molar-refractivity contribution is -0.115. The summed E-state index contributed by atoms with van der Waals surface area (Å²) in [5.41, 5.74) is 2.96. The van der Waals surface area contributed by atoms with E-state index in [1.807, 2.05) is 38.1 Å². The van der Waals surface area contributed by atoms with Gasteiger partial charge >= 0.3 is 0 Å². The van der Waals surface area contributed by atoms with E-state index in [0.717, 1.165) is 11.1 Å². The van der Waals surface area contributed by atoms with Crippen molar-refractivity contribution in [2.75, 3.05) is 6.61 Å². The van der Waals surface area contributed by atoms with Crippen molar-refractivity contribution in [3.8, 4) is 11.5 Å². The SMILES string of the molecule is CCOc1cc(C=C2SC(=S)NC2=O)cc(Cl)c1OCc1cccc(C)c1. The van der Waals surface area contributed by atoms with Crippen molar-refractivity contribution in [3.05, 3.63) is 63.0 Å². The van der Waals surface area contributed by atoms with E-state index < -0.39 is 0 Å². The number of rotatable bonds is 6. The summed E-state index contributed by atoms with van der Waals surface area (Å²) in [7, 11) is 0. The third-order valence-electron chi connectivity index (χ3n) is 3.74. The van der Waals surface area contributed by atoms with Crippen LogP contribution in [0, 0.1) is 6.92 Å². The van der Waals surface area contributed by atoms with Gasteiger partial charge in [-0.3, -0.25) is 4.79 Å². The van der Waals surface area contributed by atoms with E-state index >= 15 is 0 Å². The van der Waals surface area contributed by atoms with Crippen LogP contribution in [0.2, 0.25) is 5.02 Å². The fourth-order valence-corrected chi connectivity index (χ4v) is 3.92. The molecule has 0 bridgehead atoms. The van der Waals surface area contributed by atoms with Crippen molar-refractivity contribution in [1.29, 1.82) is 0 Å². The second kappa shape index (κ2) is 8.78. The van der Waals surface area contributed by atoms with Gasteiger partial charge in [0, 0.05) is 0 Å². The van der Waals surface area contributed by atoms with Crippen LogP contribution in [-0.4, -0.2) is 16.8 Å². The van der Waals surface area contributed by atoms with Gasteiger partial charge in [-0.15, -0.1) is 0 Å². The average molecular weight is 420 g/mol. The second-order valence-corrected chi connectivity index (χ2v) is 8.02. The van der Waals surface area contributed by atoms with Crippen molar-refractivity contribution in [3.63, 3.8) is 0 Å². The molecule has 3 rings (SSSR count). The summed E-state index contributed by atoms with van der Waals surface area (Å²) in [5.74, 6) is 0.815. The van der Waals surface area contributed by atoms with E-state index in [9.17, 15) is 4.79 Å². The topological polar surface area (TPSA) is 47.6 Å². The van der Waals surface area contributed by atoms with E-state index in [1.165, 1.54) is 17.3 Å². The van der Waals surface area contributed by atoms with Crippen molar-refractivity contribution < 1.29 is 14.3 Å². The van der Waals surface area contributed by atoms with Gasteiger partial charge in [-0.25, -0.2) is 0 Å². The highest BCUT2D eigenvalue weighted by Crippen LogP contribution is 2.38. The van der Waals surface area contributed by atoms with E-state index in [4.69, 9.17) is 33.3 Å². The van der Waals surface area contributed by atoms with Crippen LogP contribution in [0.4, 0.5) is 0 Å². The molecule has 1 aliphatic rings. The number of carbonyl (C=O) groups is 1. The van der Waals surface area contributed by atoms with Gasteiger partial charge < -0.3 is 14.8 Å². The van der Waals surface area contributed by atoms with Crippen molar-refractivity contribution >= 4 is 51.9 Å². The molecule has 1 aliphatic heterocycles. The maximum atomic E-state index is 11.9. The molecule has 2 aromatic rings. The van der Waals surface area contributed by atoms with Crippen molar-refractivity contribution in [2.24, 2.45) is 0 Å². The standard InChI is InChI=1S/C20H18ClNO3S2/c1-3-24-16-9-14(10-17-19(23)22-20(26)27-17)8-15(21)18(16)25-11-13-6-4-5-12(2)7-13/h4-10H,3,11H2,1-2H3,(H,22,23,26). The first-order valence-electron chi connectivity index (χ1n) is 8.36. The molecule has 0 aliphatic carbocycles. The number of nitrogens with one attached hydrogen (secondary N) is 1. The summed E-state index contributed by atoms with van der Waals surface area (Å²) in [6.45, 7) is 4.78. The first-order valence-corrected chi connectivity index (χ1v) is 9.96. The van der Waals surface area contributed by atoms with Gasteiger partial charge in [-0.2, -0.15) is 0 Å². The number of aryl methyl sites for hydroxylation is 1. The number of ether oxygens (including phenoxy) is 2. The monoisotopic (exact) mass is 419 g/mol. The van der Waals surface area contributed by atoms with Crippen LogP contribution in [-0.2, 0) is 11.4 Å². The Labute approximate surface area is 172 Å². The van der Waals surface area contributed by atoms with Crippen molar-refractivity contribution in [2.45, 2.75) is 20.5 Å². The molecule has 0 aromatic heterocycles. The zero-order chi connectivity index (χ0) is 19.4. The van der Waals surface area contributed by atoms with Gasteiger partial charge in [0.25, 0.3) is 5.91 Å². The van der Waals surface area contributed by atoms with Gasteiger partial charge in [-0.1, -0.05) is 65.4 Å². The van der Waals surface area contributed by atoms with E-state index in [0.29, 0.717) is 39.0 Å². The third-order valence-corrected chi connectivity index (χ3v) is 5.18. The van der Waals surface area contributed by atoms with Gasteiger partial charge in [0.15, 0.2) is 11.5 Å². The maximum Gasteiger partial charge on any atom is 0.263 e. The van der Waals surface area contributed by atoms with Gasteiger partial charge in [0.05, 0.1) is 16.5 Å². The molecule has 1 fully saturated rings. The Morgan fingerprint density at radius 3 is 2.74 bits per heavy atom. The number of benzene rings is 2. The molecule has 140 valence electrons. The number of halogens is 1. The Morgan fingerprint density at radius 1 is 1.26 bits per heavy atom. The molecular formula is C20H18ClNO3S2. The van der Waals surface area contributed by atoms with Gasteiger partial charge in [0.1, 0.15) is 10.9 Å². The number of thiocarbonyl (C=S) groups is 1. The van der Waals surface area contributed by atoms with E-state index in [2.05, 4.69) is 11.4 Å². The zero-order valence-corrected chi connectivity index (χ0v) is 17.3. The smallest absolute Gasteiger partial charge is 0.263 e. The molecular weight excluding hydrogens is 402 g/mol. The fourth-order valence-electron chi connectivity index (χ4n) is 2.60. The Hall–Kier alpha value is -2.02. The summed E-state index contributed by atoms with van der Waals surface area (Å²) in [6, 6.07) is 11.6. The largest absolute Gasteiger partial charge is 0.490 e. The lowest BCUT2D eigenvalue weighted by atomic mass is 10.1. The zero-order valence-electron chi connectivity index (χ0n) is 14.9. The molecule has 0 saturated carbocycles. The quantitative estimate of drug-likeness (QED) is 0.520. The first kappa shape index (κ1) is 19.7. The molecule has 1 N–H and O–H groups in total. The molecule has 7 heteroatoms. The van der Waals surface area contributed by atoms with Crippen LogP contribution in [0.5, 0.6) is 11.5 Å². The highest BCUT2D eigenvalue weighted by molar-refractivity contribution is 8.26. The third kappa shape index (κ3) is 5.03. The molecule has 1 amide bonds. The Kier molecular flexibility index (Phi) is 6.42. The number of hydrogen-bond donors (Lipinski definition) is 1. The molecule has 0 radical (unpaired) electrons. The summed E-state index contributed by atoms with van der Waals surface area (Å²) in [4.78, 5) is 12.4. The highest BCUT2D eigenvalue weighted by Gasteiger charge is 2.22. The molecule has 1 heterocycles. The normalized spacial score (nSPS) is 15.1. The van der Waals surface area contributed by atoms with Crippen LogP contribution in [0.3, 0.4) is 0 Å². The first-order chi connectivity index (χ1) is 13.0. The summed E-state index contributed by atoms with van der Waals surface area (Å²) in [6.07, 6.45) is 1.73. The molecule has 27 heavy (non-hydrogen) atoms. The predicted molar refractivity (Wildman–Crippen MR) is 114 cm³/mol. The van der Waals surface area contributed by atoms with Crippen LogP contribution in [0.25, 0.3) is 6.08 Å². The lowest BCUT2D eigenvalue weighted by Crippen LogP contribution is -2.17. The minimum Gasteiger partial charge on any atom is -0.490 e. The minimum absolute atomic E-state index is 0.209. The molecule has 4 nitrogen and oxygen atoms in total. The molecule has 1 saturated heterocycles. The summed E-state index contributed by atoms with van der Waals surface area (Å²) >= 11 is 12.7. The highest BCUT2D eigenvalue weighted by atomic mass is 35.5. The Morgan fingerprint density at radius 2 is 2.07 bits per heavy atom. The van der Waals surface area contributed by atoms with E-state index in [1.54, 1.807) is 12.1 Å². The van der Waals surface area contributed by atoms with Crippen LogP contribution in [0.1, 0.15) is 23.6 Å². The molecule has 0 spiro atoms. The minimum atomic E-state index is -0.209. The number of carbonyl (C=O) groups excluding carboxylic acids is 1. The van der Waals surface area contributed by atoms with Crippen LogP contribution < -0.4 is 14.8 Å². The lowest BCUT2D eigenvalue weighted by Gasteiger charge is -2.15. The Bertz CT molecular complexity index is 927. The van der Waals surface area contributed by atoms with E-state index in [-0.39, 0.29) is 5.91 Å². The second-order valence-electron chi connectivity index (χ2n) is 5.89. The molecule has 0 atom stereocenters. The molecule has 2 aromatic carbocycles. The van der Waals surface area contributed by atoms with Gasteiger partial charge in [-0.05, 0) is 43.2 Å². The number of amides is 1. The van der Waals surface area contributed by atoms with Crippen molar-refractivity contribution in [1.82, 2.24) is 5.32 Å². The van der Waals surface area contributed by atoms with Gasteiger partial charge in [0.2, 0.25) is 0 Å². The maximum absolute atomic E-state index is 11.9.